The van der Waals surface area contributed by atoms with Crippen molar-refractivity contribution in [1.29, 1.82) is 0 Å². The van der Waals surface area contributed by atoms with Crippen LogP contribution in [0.3, 0.4) is 0 Å². The number of amides is 1. The van der Waals surface area contributed by atoms with Crippen LogP contribution in [0.4, 0.5) is 0 Å². The van der Waals surface area contributed by atoms with Gasteiger partial charge in [0.15, 0.2) is 0 Å². The van der Waals surface area contributed by atoms with Gasteiger partial charge in [-0.25, -0.2) is 4.98 Å². The first-order chi connectivity index (χ1) is 13.0. The highest BCUT2D eigenvalue weighted by Crippen LogP contribution is 2.27. The molecule has 3 rings (SSSR count). The van der Waals surface area contributed by atoms with Gasteiger partial charge in [-0.3, -0.25) is 4.79 Å². The minimum atomic E-state index is -0.738. The van der Waals surface area contributed by atoms with Crippen molar-refractivity contribution in [2.24, 2.45) is 5.73 Å². The molecular weight excluding hydrogens is 410 g/mol. The van der Waals surface area contributed by atoms with Crippen LogP contribution in [0.2, 0.25) is 0 Å². The number of rotatable bonds is 7. The molecule has 6 nitrogen and oxygen atoms in total. The molecule has 1 amide bonds. The maximum absolute atomic E-state index is 11.4. The summed E-state index contributed by atoms with van der Waals surface area (Å²) in [6.07, 6.45) is 2.80. The third-order valence-electron chi connectivity index (χ3n) is 3.66. The topological polar surface area (TPSA) is 87.3 Å². The summed E-state index contributed by atoms with van der Waals surface area (Å²) in [5.41, 5.74) is 7.78. The number of nitrogens with two attached hydrogens (primary N) is 1. The Hall–Kier alpha value is -2.93. The smallest absolute Gasteiger partial charge is 0.286 e. The van der Waals surface area contributed by atoms with E-state index < -0.39 is 5.91 Å². The highest BCUT2D eigenvalue weighted by Gasteiger charge is 2.14. The molecule has 0 aliphatic carbocycles. The maximum atomic E-state index is 11.4. The Balaban J connectivity index is 1.73. The molecule has 0 aliphatic rings. The number of primary amides is 1. The van der Waals surface area contributed by atoms with Crippen LogP contribution in [-0.2, 0) is 0 Å². The first-order valence-electron chi connectivity index (χ1n) is 8.20. The van der Waals surface area contributed by atoms with Crippen molar-refractivity contribution in [3.05, 3.63) is 70.6 Å². The molecule has 0 fully saturated rings. The van der Waals surface area contributed by atoms with E-state index in [0.717, 1.165) is 21.3 Å². The van der Waals surface area contributed by atoms with Crippen LogP contribution in [0, 0.1) is 13.1 Å². The Bertz CT molecular complexity index is 928. The Labute approximate surface area is 165 Å². The molecular formula is C20H17BrN3O3. The second-order valence-electron chi connectivity index (χ2n) is 5.72. The number of ether oxygens (including phenoxy) is 2. The van der Waals surface area contributed by atoms with Gasteiger partial charge in [-0.1, -0.05) is 45.8 Å². The van der Waals surface area contributed by atoms with Crippen molar-refractivity contribution in [1.82, 2.24) is 9.97 Å². The number of hydrogen-bond acceptors (Lipinski definition) is 5. The molecule has 27 heavy (non-hydrogen) atoms. The van der Waals surface area contributed by atoms with Gasteiger partial charge in [-0.15, -0.1) is 0 Å². The average Bonchev–Trinajstić information content (AvgIpc) is 2.67. The zero-order chi connectivity index (χ0) is 19.2. The molecule has 0 spiro atoms. The largest absolute Gasteiger partial charge is 0.490 e. The van der Waals surface area contributed by atoms with E-state index in [9.17, 15) is 4.79 Å². The zero-order valence-electron chi connectivity index (χ0n) is 14.6. The standard InChI is InChI=1S/C20H17BrN3O3/c1-13-2-4-14(5-3-13)17-12-23-19(18(22)25)24-20(17)27-11-10-26-16-8-6-15(21)7-9-16/h2-9H,10-11H2,1H3,(H2,22,25). The zero-order valence-corrected chi connectivity index (χ0v) is 16.2. The molecule has 3 aromatic rings. The molecule has 137 valence electrons. The third-order valence-corrected chi connectivity index (χ3v) is 4.19. The maximum Gasteiger partial charge on any atom is 0.286 e. The summed E-state index contributed by atoms with van der Waals surface area (Å²) in [5, 5.41) is 0. The summed E-state index contributed by atoms with van der Waals surface area (Å²) in [6.45, 7) is 2.54. The molecule has 0 saturated heterocycles. The summed E-state index contributed by atoms with van der Waals surface area (Å²) in [5.74, 6) is 0.0852. The van der Waals surface area contributed by atoms with Crippen molar-refractivity contribution in [3.63, 3.8) is 0 Å². The van der Waals surface area contributed by atoms with E-state index in [-0.39, 0.29) is 18.3 Å². The molecule has 0 atom stereocenters. The molecule has 7 heteroatoms. The number of carbonyl (C=O) groups excluding carboxylic acids is 1. The lowest BCUT2D eigenvalue weighted by Gasteiger charge is -2.12. The number of benzene rings is 2. The summed E-state index contributed by atoms with van der Waals surface area (Å²) < 4.78 is 12.3. The number of hydrogen-bond donors (Lipinski definition) is 1. The molecule has 0 unspecified atom stereocenters. The predicted octanol–water partition coefficient (Wildman–Crippen LogP) is 3.57. The van der Waals surface area contributed by atoms with E-state index in [1.807, 2.05) is 55.5 Å². The van der Waals surface area contributed by atoms with Crippen molar-refractivity contribution >= 4 is 21.8 Å². The molecule has 1 radical (unpaired) electrons. The quantitative estimate of drug-likeness (QED) is 0.583. The van der Waals surface area contributed by atoms with Crippen LogP contribution in [0.5, 0.6) is 11.6 Å². The van der Waals surface area contributed by atoms with Crippen molar-refractivity contribution < 1.29 is 14.3 Å². The molecule has 0 aliphatic heterocycles. The van der Waals surface area contributed by atoms with E-state index in [1.165, 1.54) is 0 Å². The predicted molar refractivity (Wildman–Crippen MR) is 105 cm³/mol. The summed E-state index contributed by atoms with van der Waals surface area (Å²) in [6, 6.07) is 15.3. The van der Waals surface area contributed by atoms with Crippen LogP contribution in [-0.4, -0.2) is 29.1 Å². The van der Waals surface area contributed by atoms with Gasteiger partial charge in [0.2, 0.25) is 11.7 Å². The van der Waals surface area contributed by atoms with E-state index in [2.05, 4.69) is 32.1 Å². The van der Waals surface area contributed by atoms with Gasteiger partial charge < -0.3 is 15.2 Å². The fourth-order valence-corrected chi connectivity index (χ4v) is 2.55. The van der Waals surface area contributed by atoms with Gasteiger partial charge in [-0.05, 0) is 36.8 Å². The third kappa shape index (κ3) is 5.04. The Morgan fingerprint density at radius 3 is 2.41 bits per heavy atom. The van der Waals surface area contributed by atoms with E-state index >= 15 is 0 Å². The van der Waals surface area contributed by atoms with E-state index in [4.69, 9.17) is 15.2 Å². The molecule has 0 bridgehead atoms. The minimum Gasteiger partial charge on any atom is -0.490 e. The Kier molecular flexibility index (Phi) is 6.03. The Morgan fingerprint density at radius 2 is 1.74 bits per heavy atom. The molecule has 1 heterocycles. The van der Waals surface area contributed by atoms with Gasteiger partial charge in [0, 0.05) is 4.47 Å². The van der Waals surface area contributed by atoms with Crippen LogP contribution in [0.25, 0.3) is 11.1 Å². The lowest BCUT2D eigenvalue weighted by molar-refractivity contribution is 0.0988. The number of nitrogens with zero attached hydrogens (tertiary/aromatic N) is 2. The molecule has 1 aromatic heterocycles. The first kappa shape index (κ1) is 18.8. The first-order valence-corrected chi connectivity index (χ1v) is 9.00. The number of halogens is 1. The van der Waals surface area contributed by atoms with Crippen molar-refractivity contribution in [2.45, 2.75) is 6.92 Å². The highest BCUT2D eigenvalue weighted by molar-refractivity contribution is 9.10. The highest BCUT2D eigenvalue weighted by atomic mass is 79.9. The fourth-order valence-electron chi connectivity index (χ4n) is 2.29. The summed E-state index contributed by atoms with van der Waals surface area (Å²) >= 11 is 3.38. The molecule has 0 saturated carbocycles. The second kappa shape index (κ2) is 8.64. The summed E-state index contributed by atoms with van der Waals surface area (Å²) in [4.78, 5) is 19.4. The van der Waals surface area contributed by atoms with Crippen LogP contribution >= 0.6 is 15.9 Å². The second-order valence-corrected chi connectivity index (χ2v) is 6.64. The van der Waals surface area contributed by atoms with Gasteiger partial charge in [-0.2, -0.15) is 4.98 Å². The minimum absolute atomic E-state index is 0.144. The normalized spacial score (nSPS) is 10.4. The van der Waals surface area contributed by atoms with Gasteiger partial charge >= 0.3 is 0 Å². The van der Waals surface area contributed by atoms with Gasteiger partial charge in [0.1, 0.15) is 25.2 Å². The number of aromatic nitrogens is 2. The lowest BCUT2D eigenvalue weighted by Crippen LogP contribution is -2.17. The number of carbonyl (C=O) groups is 1. The van der Waals surface area contributed by atoms with Crippen LogP contribution in [0.15, 0.2) is 53.0 Å². The van der Waals surface area contributed by atoms with Gasteiger partial charge in [0.25, 0.3) is 5.91 Å². The summed E-state index contributed by atoms with van der Waals surface area (Å²) in [7, 11) is 0. The fraction of sp³-hybridized carbons (Fsp3) is 0.150. The monoisotopic (exact) mass is 426 g/mol. The van der Waals surface area contributed by atoms with Gasteiger partial charge in [0.05, 0.1) is 5.56 Å². The SMILES string of the molecule is Cc1ccc(-c2[c]nc(C(N)=O)nc2OCCOc2ccc(Br)cc2)cc1. The molecule has 2 aromatic carbocycles. The van der Waals surface area contributed by atoms with E-state index in [1.54, 1.807) is 0 Å². The van der Waals surface area contributed by atoms with Crippen LogP contribution in [0.1, 0.15) is 16.2 Å². The van der Waals surface area contributed by atoms with Crippen molar-refractivity contribution in [3.8, 4) is 22.8 Å². The number of aryl methyl sites for hydroxylation is 1. The van der Waals surface area contributed by atoms with Crippen molar-refractivity contribution in [2.75, 3.05) is 13.2 Å². The van der Waals surface area contributed by atoms with Crippen LogP contribution < -0.4 is 15.2 Å². The average molecular weight is 427 g/mol. The molecule has 2 N–H and O–H groups in total. The Morgan fingerprint density at radius 1 is 1.07 bits per heavy atom. The lowest BCUT2D eigenvalue weighted by atomic mass is 10.1. The van der Waals surface area contributed by atoms with E-state index in [0.29, 0.717) is 12.2 Å².